The van der Waals surface area contributed by atoms with Crippen molar-refractivity contribution in [1.29, 1.82) is 0 Å². The second kappa shape index (κ2) is 5.47. The fraction of sp³-hybridized carbons (Fsp3) is 0.700. The first kappa shape index (κ1) is 13.0. The van der Waals surface area contributed by atoms with Crippen LogP contribution in [-0.4, -0.2) is 40.5 Å². The van der Waals surface area contributed by atoms with Crippen molar-refractivity contribution in [2.75, 3.05) is 11.1 Å². The first-order valence-corrected chi connectivity index (χ1v) is 7.66. The SMILES string of the molecule is O=C(CCS(=O)(=O)C1CCCC1)Nc1ncn[nH]1. The molecule has 1 aliphatic carbocycles. The highest BCUT2D eigenvalue weighted by molar-refractivity contribution is 7.92. The van der Waals surface area contributed by atoms with E-state index in [2.05, 4.69) is 20.5 Å². The van der Waals surface area contributed by atoms with Crippen LogP contribution in [0.4, 0.5) is 5.95 Å². The number of nitrogens with one attached hydrogen (secondary N) is 2. The molecule has 0 aromatic carbocycles. The zero-order valence-electron chi connectivity index (χ0n) is 9.92. The number of hydrogen-bond acceptors (Lipinski definition) is 5. The third-order valence-electron chi connectivity index (χ3n) is 3.10. The van der Waals surface area contributed by atoms with E-state index >= 15 is 0 Å². The smallest absolute Gasteiger partial charge is 0.227 e. The summed E-state index contributed by atoms with van der Waals surface area (Å²) >= 11 is 0. The highest BCUT2D eigenvalue weighted by Gasteiger charge is 2.28. The number of anilines is 1. The molecule has 0 bridgehead atoms. The predicted octanol–water partition coefficient (Wildman–Crippen LogP) is 0.491. The summed E-state index contributed by atoms with van der Waals surface area (Å²) in [5.74, 6) is -0.232. The van der Waals surface area contributed by atoms with Gasteiger partial charge in [-0.2, -0.15) is 10.1 Å². The van der Waals surface area contributed by atoms with Crippen molar-refractivity contribution in [3.8, 4) is 0 Å². The maximum absolute atomic E-state index is 11.9. The van der Waals surface area contributed by atoms with Crippen molar-refractivity contribution in [2.24, 2.45) is 0 Å². The molecular weight excluding hydrogens is 256 g/mol. The number of sulfone groups is 1. The first-order chi connectivity index (χ1) is 8.58. The molecule has 1 amide bonds. The summed E-state index contributed by atoms with van der Waals surface area (Å²) in [4.78, 5) is 15.2. The third kappa shape index (κ3) is 3.28. The van der Waals surface area contributed by atoms with Crippen LogP contribution in [0.5, 0.6) is 0 Å². The lowest BCUT2D eigenvalue weighted by molar-refractivity contribution is -0.115. The lowest BCUT2D eigenvalue weighted by Gasteiger charge is -2.10. The Morgan fingerprint density at radius 2 is 2.17 bits per heavy atom. The van der Waals surface area contributed by atoms with Crippen LogP contribution in [0.2, 0.25) is 0 Å². The second-order valence-corrected chi connectivity index (χ2v) is 6.81. The molecular formula is C10H16N4O3S. The molecule has 18 heavy (non-hydrogen) atoms. The van der Waals surface area contributed by atoms with Crippen LogP contribution in [0.1, 0.15) is 32.1 Å². The molecule has 100 valence electrons. The monoisotopic (exact) mass is 272 g/mol. The van der Waals surface area contributed by atoms with Crippen LogP contribution in [-0.2, 0) is 14.6 Å². The summed E-state index contributed by atoms with van der Waals surface area (Å²) in [6.45, 7) is 0. The van der Waals surface area contributed by atoms with Crippen molar-refractivity contribution in [1.82, 2.24) is 15.2 Å². The van der Waals surface area contributed by atoms with Gasteiger partial charge in [-0.05, 0) is 12.8 Å². The van der Waals surface area contributed by atoms with Gasteiger partial charge < -0.3 is 0 Å². The van der Waals surface area contributed by atoms with Crippen LogP contribution in [0.3, 0.4) is 0 Å². The Morgan fingerprint density at radius 3 is 2.78 bits per heavy atom. The predicted molar refractivity (Wildman–Crippen MR) is 65.7 cm³/mol. The minimum absolute atomic E-state index is 0.0421. The van der Waals surface area contributed by atoms with Crippen LogP contribution >= 0.6 is 0 Å². The van der Waals surface area contributed by atoms with E-state index in [4.69, 9.17) is 0 Å². The largest absolute Gasteiger partial charge is 0.295 e. The number of H-pyrrole nitrogens is 1. The van der Waals surface area contributed by atoms with Gasteiger partial charge in [-0.25, -0.2) is 13.5 Å². The Balaban J connectivity index is 1.81. The van der Waals surface area contributed by atoms with E-state index in [9.17, 15) is 13.2 Å². The van der Waals surface area contributed by atoms with Gasteiger partial charge in [0, 0.05) is 6.42 Å². The number of amides is 1. The summed E-state index contributed by atoms with van der Waals surface area (Å²) < 4.78 is 23.8. The average Bonchev–Trinajstić information content (AvgIpc) is 2.99. The van der Waals surface area contributed by atoms with E-state index in [1.54, 1.807) is 0 Å². The molecule has 0 aliphatic heterocycles. The average molecular weight is 272 g/mol. The number of carbonyl (C=O) groups excluding carboxylic acids is 1. The summed E-state index contributed by atoms with van der Waals surface area (Å²) in [6, 6.07) is 0. The third-order valence-corrected chi connectivity index (χ3v) is 5.36. The normalized spacial score (nSPS) is 16.9. The van der Waals surface area contributed by atoms with Crippen LogP contribution in [0.25, 0.3) is 0 Å². The number of rotatable bonds is 5. The highest BCUT2D eigenvalue weighted by Crippen LogP contribution is 2.25. The van der Waals surface area contributed by atoms with Crippen LogP contribution in [0.15, 0.2) is 6.33 Å². The molecule has 1 aromatic rings. The standard InChI is InChI=1S/C10H16N4O3S/c15-9(13-10-11-7-12-14-10)5-6-18(16,17)8-3-1-2-4-8/h7-8H,1-6H2,(H2,11,12,13,14,15). The number of aromatic nitrogens is 3. The fourth-order valence-corrected chi connectivity index (χ4v) is 3.96. The van der Waals surface area contributed by atoms with E-state index in [1.807, 2.05) is 0 Å². The van der Waals surface area contributed by atoms with Crippen LogP contribution < -0.4 is 5.32 Å². The summed E-state index contributed by atoms with van der Waals surface area (Å²) in [5, 5.41) is 8.25. The fourth-order valence-electron chi connectivity index (χ4n) is 2.11. The molecule has 1 aromatic heterocycles. The van der Waals surface area contributed by atoms with Gasteiger partial charge in [0.15, 0.2) is 9.84 Å². The first-order valence-electron chi connectivity index (χ1n) is 5.95. The molecule has 1 aliphatic rings. The Labute approximate surface area is 105 Å². The molecule has 0 saturated heterocycles. The quantitative estimate of drug-likeness (QED) is 0.811. The molecule has 1 heterocycles. The lowest BCUT2D eigenvalue weighted by atomic mass is 10.4. The molecule has 8 heteroatoms. The summed E-state index contributed by atoms with van der Waals surface area (Å²) in [7, 11) is -3.14. The van der Waals surface area contributed by atoms with Gasteiger partial charge in [0.05, 0.1) is 11.0 Å². The van der Waals surface area contributed by atoms with Crippen LogP contribution in [0, 0.1) is 0 Å². The van der Waals surface area contributed by atoms with Gasteiger partial charge in [0.2, 0.25) is 11.9 Å². The molecule has 1 saturated carbocycles. The lowest BCUT2D eigenvalue weighted by Crippen LogP contribution is -2.24. The second-order valence-electron chi connectivity index (χ2n) is 4.41. The molecule has 0 spiro atoms. The molecule has 1 fully saturated rings. The van der Waals surface area contributed by atoms with E-state index in [-0.39, 0.29) is 29.3 Å². The molecule has 2 N–H and O–H groups in total. The molecule has 0 radical (unpaired) electrons. The minimum Gasteiger partial charge on any atom is -0.295 e. The zero-order chi connectivity index (χ0) is 13.0. The maximum atomic E-state index is 11.9. The zero-order valence-corrected chi connectivity index (χ0v) is 10.7. The molecule has 7 nitrogen and oxygen atoms in total. The molecule has 2 rings (SSSR count). The van der Waals surface area contributed by atoms with Gasteiger partial charge in [-0.1, -0.05) is 12.8 Å². The van der Waals surface area contributed by atoms with E-state index in [1.165, 1.54) is 6.33 Å². The Hall–Kier alpha value is -1.44. The molecule has 0 atom stereocenters. The number of aromatic amines is 1. The Kier molecular flexibility index (Phi) is 3.95. The Bertz CT molecular complexity index is 491. The van der Waals surface area contributed by atoms with Crippen molar-refractivity contribution >= 4 is 21.7 Å². The van der Waals surface area contributed by atoms with Gasteiger partial charge >= 0.3 is 0 Å². The number of nitrogens with zero attached hydrogens (tertiary/aromatic N) is 2. The topological polar surface area (TPSA) is 105 Å². The maximum Gasteiger partial charge on any atom is 0.227 e. The van der Waals surface area contributed by atoms with Gasteiger partial charge in [0.25, 0.3) is 0 Å². The van der Waals surface area contributed by atoms with Gasteiger partial charge in [0.1, 0.15) is 6.33 Å². The van der Waals surface area contributed by atoms with Crippen molar-refractivity contribution in [2.45, 2.75) is 37.4 Å². The summed E-state index contributed by atoms with van der Waals surface area (Å²) in [6.07, 6.45) is 4.62. The number of carbonyl (C=O) groups is 1. The van der Waals surface area contributed by atoms with Crippen molar-refractivity contribution in [3.05, 3.63) is 6.33 Å². The van der Waals surface area contributed by atoms with Gasteiger partial charge in [-0.15, -0.1) is 0 Å². The van der Waals surface area contributed by atoms with E-state index in [0.29, 0.717) is 0 Å². The minimum atomic E-state index is -3.14. The highest BCUT2D eigenvalue weighted by atomic mass is 32.2. The molecule has 0 unspecified atom stereocenters. The van der Waals surface area contributed by atoms with E-state index in [0.717, 1.165) is 25.7 Å². The van der Waals surface area contributed by atoms with Gasteiger partial charge in [-0.3, -0.25) is 10.1 Å². The van der Waals surface area contributed by atoms with Crippen molar-refractivity contribution < 1.29 is 13.2 Å². The number of hydrogen-bond donors (Lipinski definition) is 2. The summed E-state index contributed by atoms with van der Waals surface area (Å²) in [5.41, 5.74) is 0. The van der Waals surface area contributed by atoms with Crippen molar-refractivity contribution in [3.63, 3.8) is 0 Å². The van der Waals surface area contributed by atoms with E-state index < -0.39 is 9.84 Å². The Morgan fingerprint density at radius 1 is 1.44 bits per heavy atom.